The predicted octanol–water partition coefficient (Wildman–Crippen LogP) is 2.05. The number of likely N-dealkylation sites (N-methyl/N-ethyl adjacent to an activating group) is 1. The van der Waals surface area contributed by atoms with Crippen LogP contribution in [0.5, 0.6) is 0 Å². The summed E-state index contributed by atoms with van der Waals surface area (Å²) in [6.45, 7) is 7.46. The molecule has 0 bridgehead atoms. The molecule has 0 amide bonds. The van der Waals surface area contributed by atoms with Gasteiger partial charge in [0, 0.05) is 25.4 Å². The van der Waals surface area contributed by atoms with Crippen molar-refractivity contribution in [2.75, 3.05) is 32.5 Å². The van der Waals surface area contributed by atoms with E-state index in [0.29, 0.717) is 0 Å². The molecule has 0 heterocycles. The van der Waals surface area contributed by atoms with Crippen molar-refractivity contribution >= 4 is 5.69 Å². The van der Waals surface area contributed by atoms with Crippen LogP contribution in [0.1, 0.15) is 18.1 Å². The van der Waals surface area contributed by atoms with Gasteiger partial charge in [-0.1, -0.05) is 17.7 Å². The molecule has 0 unspecified atom stereocenters. The Morgan fingerprint density at radius 3 is 2.81 bits per heavy atom. The largest absolute Gasteiger partial charge is 0.398 e. The molecule has 0 aliphatic rings. The third-order valence-corrected chi connectivity index (χ3v) is 2.56. The van der Waals surface area contributed by atoms with Crippen LogP contribution in [0.25, 0.3) is 0 Å². The molecular weight excluding hydrogens is 200 g/mol. The van der Waals surface area contributed by atoms with Crippen LogP contribution in [0.2, 0.25) is 0 Å². The van der Waals surface area contributed by atoms with Crippen LogP contribution in [0.15, 0.2) is 18.2 Å². The van der Waals surface area contributed by atoms with Crippen LogP contribution in [0.4, 0.5) is 5.69 Å². The Labute approximate surface area is 98.2 Å². The minimum atomic E-state index is 0.777. The summed E-state index contributed by atoms with van der Waals surface area (Å²) in [4.78, 5) is 2.22. The second-order valence-corrected chi connectivity index (χ2v) is 4.14. The molecule has 0 aliphatic carbocycles. The number of nitrogen functional groups attached to an aromatic ring is 1. The molecule has 1 aromatic carbocycles. The summed E-state index contributed by atoms with van der Waals surface area (Å²) in [5, 5.41) is 0. The van der Waals surface area contributed by atoms with Crippen molar-refractivity contribution < 1.29 is 4.74 Å². The summed E-state index contributed by atoms with van der Waals surface area (Å²) in [5.41, 5.74) is 9.25. The normalized spacial score (nSPS) is 11.0. The molecule has 1 rings (SSSR count). The van der Waals surface area contributed by atoms with E-state index < -0.39 is 0 Å². The smallest absolute Gasteiger partial charge is 0.0593 e. The average Bonchev–Trinajstić information content (AvgIpc) is 2.24. The fourth-order valence-corrected chi connectivity index (χ4v) is 1.61. The number of ether oxygens (including phenoxy) is 1. The maximum atomic E-state index is 5.93. The van der Waals surface area contributed by atoms with Crippen molar-refractivity contribution in [1.29, 1.82) is 0 Å². The minimum Gasteiger partial charge on any atom is -0.398 e. The highest BCUT2D eigenvalue weighted by Gasteiger charge is 2.03. The van der Waals surface area contributed by atoms with E-state index in [9.17, 15) is 0 Å². The number of hydrogen-bond acceptors (Lipinski definition) is 3. The second-order valence-electron chi connectivity index (χ2n) is 4.14. The molecule has 0 atom stereocenters. The zero-order valence-electron chi connectivity index (χ0n) is 10.5. The van der Waals surface area contributed by atoms with Crippen molar-refractivity contribution in [2.45, 2.75) is 20.4 Å². The van der Waals surface area contributed by atoms with Crippen LogP contribution >= 0.6 is 0 Å². The molecule has 2 N–H and O–H groups in total. The maximum Gasteiger partial charge on any atom is 0.0593 e. The third kappa shape index (κ3) is 4.21. The van der Waals surface area contributed by atoms with Crippen molar-refractivity contribution in [3.8, 4) is 0 Å². The lowest BCUT2D eigenvalue weighted by atomic mass is 10.1. The van der Waals surface area contributed by atoms with E-state index in [1.807, 2.05) is 19.1 Å². The number of anilines is 1. The van der Waals surface area contributed by atoms with Gasteiger partial charge in [0.2, 0.25) is 0 Å². The van der Waals surface area contributed by atoms with E-state index in [4.69, 9.17) is 10.5 Å². The van der Waals surface area contributed by atoms with E-state index in [2.05, 4.69) is 24.9 Å². The topological polar surface area (TPSA) is 38.5 Å². The number of benzene rings is 1. The van der Waals surface area contributed by atoms with Gasteiger partial charge in [-0.05, 0) is 32.5 Å². The maximum absolute atomic E-state index is 5.93. The SMILES string of the molecule is CCOCCN(C)Cc1cc(C)ccc1N. The van der Waals surface area contributed by atoms with Crippen LogP contribution in [-0.4, -0.2) is 31.7 Å². The molecule has 0 saturated carbocycles. The van der Waals surface area contributed by atoms with Crippen LogP contribution in [0.3, 0.4) is 0 Å². The predicted molar refractivity (Wildman–Crippen MR) is 68.4 cm³/mol. The highest BCUT2D eigenvalue weighted by atomic mass is 16.5. The molecule has 16 heavy (non-hydrogen) atoms. The number of rotatable bonds is 6. The van der Waals surface area contributed by atoms with Gasteiger partial charge in [0.1, 0.15) is 0 Å². The minimum absolute atomic E-state index is 0.777. The molecule has 0 radical (unpaired) electrons. The first-order valence-corrected chi connectivity index (χ1v) is 5.74. The molecule has 0 aliphatic heterocycles. The summed E-state index contributed by atoms with van der Waals surface area (Å²) >= 11 is 0. The highest BCUT2D eigenvalue weighted by Crippen LogP contribution is 2.15. The molecular formula is C13H22N2O. The Morgan fingerprint density at radius 2 is 2.12 bits per heavy atom. The van der Waals surface area contributed by atoms with Gasteiger partial charge in [-0.15, -0.1) is 0 Å². The van der Waals surface area contributed by atoms with Crippen molar-refractivity contribution in [2.24, 2.45) is 0 Å². The van der Waals surface area contributed by atoms with Gasteiger partial charge in [-0.2, -0.15) is 0 Å². The third-order valence-electron chi connectivity index (χ3n) is 2.56. The molecule has 0 saturated heterocycles. The van der Waals surface area contributed by atoms with Crippen molar-refractivity contribution in [3.63, 3.8) is 0 Å². The Morgan fingerprint density at radius 1 is 1.38 bits per heavy atom. The Bertz CT molecular complexity index is 326. The van der Waals surface area contributed by atoms with Gasteiger partial charge in [0.25, 0.3) is 0 Å². The van der Waals surface area contributed by atoms with Gasteiger partial charge in [0.15, 0.2) is 0 Å². The number of nitrogens with two attached hydrogens (primary N) is 1. The highest BCUT2D eigenvalue weighted by molar-refractivity contribution is 5.48. The molecule has 0 spiro atoms. The van der Waals surface area contributed by atoms with Gasteiger partial charge in [0.05, 0.1) is 6.61 Å². The zero-order chi connectivity index (χ0) is 12.0. The first kappa shape index (κ1) is 13.0. The lowest BCUT2D eigenvalue weighted by molar-refractivity contribution is 0.120. The van der Waals surface area contributed by atoms with Gasteiger partial charge < -0.3 is 10.5 Å². The molecule has 3 heteroatoms. The number of aryl methyl sites for hydroxylation is 1. The van der Waals surface area contributed by atoms with E-state index in [0.717, 1.165) is 32.0 Å². The van der Waals surface area contributed by atoms with Crippen molar-refractivity contribution in [1.82, 2.24) is 4.90 Å². The fraction of sp³-hybridized carbons (Fsp3) is 0.538. The number of nitrogens with zero attached hydrogens (tertiary/aromatic N) is 1. The van der Waals surface area contributed by atoms with Gasteiger partial charge >= 0.3 is 0 Å². The summed E-state index contributed by atoms with van der Waals surface area (Å²) < 4.78 is 5.32. The van der Waals surface area contributed by atoms with Gasteiger partial charge in [-0.3, -0.25) is 4.90 Å². The quantitative estimate of drug-likeness (QED) is 0.591. The summed E-state index contributed by atoms with van der Waals surface area (Å²) in [7, 11) is 2.08. The number of hydrogen-bond donors (Lipinski definition) is 1. The molecule has 90 valence electrons. The summed E-state index contributed by atoms with van der Waals surface area (Å²) in [6.07, 6.45) is 0. The fourth-order valence-electron chi connectivity index (χ4n) is 1.61. The monoisotopic (exact) mass is 222 g/mol. The molecule has 3 nitrogen and oxygen atoms in total. The summed E-state index contributed by atoms with van der Waals surface area (Å²) in [6, 6.07) is 6.16. The van der Waals surface area contributed by atoms with E-state index in [1.54, 1.807) is 0 Å². The van der Waals surface area contributed by atoms with Crippen LogP contribution in [0, 0.1) is 6.92 Å². The summed E-state index contributed by atoms with van der Waals surface area (Å²) in [5.74, 6) is 0. The Hall–Kier alpha value is -1.06. The first-order valence-electron chi connectivity index (χ1n) is 5.74. The Kier molecular flexibility index (Phi) is 5.29. The van der Waals surface area contributed by atoms with E-state index in [1.165, 1.54) is 11.1 Å². The van der Waals surface area contributed by atoms with E-state index >= 15 is 0 Å². The molecule has 0 aromatic heterocycles. The lowest BCUT2D eigenvalue weighted by Gasteiger charge is -2.18. The first-order chi connectivity index (χ1) is 7.63. The molecule has 1 aromatic rings. The van der Waals surface area contributed by atoms with Crippen LogP contribution < -0.4 is 5.73 Å². The Balaban J connectivity index is 2.48. The van der Waals surface area contributed by atoms with Crippen LogP contribution in [-0.2, 0) is 11.3 Å². The van der Waals surface area contributed by atoms with Crippen molar-refractivity contribution in [3.05, 3.63) is 29.3 Å². The zero-order valence-corrected chi connectivity index (χ0v) is 10.5. The standard InChI is InChI=1S/C13H22N2O/c1-4-16-8-7-15(3)10-12-9-11(2)5-6-13(12)14/h5-6,9H,4,7-8,10,14H2,1-3H3. The lowest BCUT2D eigenvalue weighted by Crippen LogP contribution is -2.23. The second kappa shape index (κ2) is 6.51. The van der Waals surface area contributed by atoms with E-state index in [-0.39, 0.29) is 0 Å². The average molecular weight is 222 g/mol. The molecule has 0 fully saturated rings. The van der Waals surface area contributed by atoms with Gasteiger partial charge in [-0.25, -0.2) is 0 Å².